The number of amides is 2. The van der Waals surface area contributed by atoms with Gasteiger partial charge in [-0.15, -0.1) is 0 Å². The summed E-state index contributed by atoms with van der Waals surface area (Å²) in [6.07, 6.45) is 1.51. The van der Waals surface area contributed by atoms with E-state index in [4.69, 9.17) is 19.4 Å². The van der Waals surface area contributed by atoms with Crippen LogP contribution in [0.5, 0.6) is 17.2 Å². The third-order valence-corrected chi connectivity index (χ3v) is 3.66. The highest BCUT2D eigenvalue weighted by atomic mass is 16.7. The zero-order valence-corrected chi connectivity index (χ0v) is 13.1. The molecule has 7 nitrogen and oxygen atoms in total. The van der Waals surface area contributed by atoms with Gasteiger partial charge in [0.25, 0.3) is 0 Å². The van der Waals surface area contributed by atoms with Crippen LogP contribution in [-0.4, -0.2) is 24.6 Å². The van der Waals surface area contributed by atoms with E-state index in [1.165, 1.54) is 5.48 Å². The van der Waals surface area contributed by atoms with Gasteiger partial charge in [-0.3, -0.25) is 5.21 Å². The van der Waals surface area contributed by atoms with Crippen molar-refractivity contribution in [1.82, 2.24) is 5.48 Å². The van der Waals surface area contributed by atoms with E-state index in [1.54, 1.807) is 31.4 Å². The van der Waals surface area contributed by atoms with Crippen molar-refractivity contribution in [2.75, 3.05) is 12.4 Å². The van der Waals surface area contributed by atoms with Gasteiger partial charge in [0.15, 0.2) is 6.29 Å². The molecule has 2 amide bonds. The lowest BCUT2D eigenvalue weighted by molar-refractivity contribution is -0.0654. The molecule has 1 heterocycles. The van der Waals surface area contributed by atoms with Crippen molar-refractivity contribution in [3.8, 4) is 17.2 Å². The van der Waals surface area contributed by atoms with Crippen LogP contribution in [-0.2, 0) is 11.2 Å². The minimum absolute atomic E-state index is 0.226. The molecule has 2 aromatic rings. The fourth-order valence-electron chi connectivity index (χ4n) is 2.46. The van der Waals surface area contributed by atoms with Crippen LogP contribution < -0.4 is 20.3 Å². The van der Waals surface area contributed by atoms with Gasteiger partial charge in [0.1, 0.15) is 17.2 Å². The first kappa shape index (κ1) is 16.1. The molecule has 1 atom stereocenters. The molecule has 0 bridgehead atoms. The number of anilines is 1. The Morgan fingerprint density at radius 1 is 1.21 bits per heavy atom. The molecule has 0 aliphatic carbocycles. The van der Waals surface area contributed by atoms with E-state index in [0.717, 1.165) is 24.2 Å². The van der Waals surface area contributed by atoms with Crippen molar-refractivity contribution in [2.45, 2.75) is 19.1 Å². The Bertz CT molecular complexity index is 717. The van der Waals surface area contributed by atoms with Crippen molar-refractivity contribution >= 4 is 11.7 Å². The minimum atomic E-state index is -0.705. The lowest BCUT2D eigenvalue weighted by Crippen LogP contribution is -2.24. The molecule has 126 valence electrons. The average Bonchev–Trinajstić information content (AvgIpc) is 2.62. The third kappa shape index (κ3) is 3.76. The van der Waals surface area contributed by atoms with Crippen LogP contribution in [0.1, 0.15) is 12.0 Å². The van der Waals surface area contributed by atoms with Crippen LogP contribution in [0.2, 0.25) is 0 Å². The molecule has 0 radical (unpaired) electrons. The van der Waals surface area contributed by atoms with Crippen molar-refractivity contribution in [1.29, 1.82) is 0 Å². The smallest absolute Gasteiger partial charge is 0.342 e. The van der Waals surface area contributed by atoms with Gasteiger partial charge in [-0.2, -0.15) is 0 Å². The van der Waals surface area contributed by atoms with E-state index in [-0.39, 0.29) is 6.29 Å². The van der Waals surface area contributed by atoms with Crippen molar-refractivity contribution in [2.24, 2.45) is 0 Å². The van der Waals surface area contributed by atoms with Crippen LogP contribution in [0, 0.1) is 0 Å². The molecule has 7 heteroatoms. The lowest BCUT2D eigenvalue weighted by Gasteiger charge is -2.25. The van der Waals surface area contributed by atoms with Crippen molar-refractivity contribution < 1.29 is 24.2 Å². The monoisotopic (exact) mass is 330 g/mol. The highest BCUT2D eigenvalue weighted by Gasteiger charge is 2.19. The zero-order valence-electron chi connectivity index (χ0n) is 13.1. The number of fused-ring (bicyclic) bond motifs is 1. The molecule has 0 fully saturated rings. The molecule has 1 aliphatic rings. The Morgan fingerprint density at radius 2 is 1.96 bits per heavy atom. The summed E-state index contributed by atoms with van der Waals surface area (Å²) in [5.74, 6) is 2.03. The second kappa shape index (κ2) is 7.20. The number of rotatable bonds is 4. The molecule has 2 aromatic carbocycles. The second-order valence-corrected chi connectivity index (χ2v) is 5.28. The van der Waals surface area contributed by atoms with E-state index in [2.05, 4.69) is 5.32 Å². The number of nitrogens with one attached hydrogen (secondary N) is 2. The van der Waals surface area contributed by atoms with E-state index in [1.807, 2.05) is 18.2 Å². The van der Waals surface area contributed by atoms with Crippen LogP contribution in [0.25, 0.3) is 0 Å². The molecule has 1 unspecified atom stereocenters. The number of benzene rings is 2. The summed E-state index contributed by atoms with van der Waals surface area (Å²) in [7, 11) is 1.63. The number of hydrogen-bond acceptors (Lipinski definition) is 5. The lowest BCUT2D eigenvalue weighted by atomic mass is 10.1. The van der Waals surface area contributed by atoms with Gasteiger partial charge in [-0.05, 0) is 42.3 Å². The van der Waals surface area contributed by atoms with Crippen LogP contribution >= 0.6 is 0 Å². The maximum absolute atomic E-state index is 11.0. The normalized spacial score (nSPS) is 15.8. The first-order valence-electron chi connectivity index (χ1n) is 7.49. The maximum Gasteiger partial charge on any atom is 0.342 e. The van der Waals surface area contributed by atoms with Gasteiger partial charge in [-0.25, -0.2) is 10.3 Å². The van der Waals surface area contributed by atoms with E-state index >= 15 is 0 Å². The first-order valence-corrected chi connectivity index (χ1v) is 7.49. The summed E-state index contributed by atoms with van der Waals surface area (Å²) >= 11 is 0. The topological polar surface area (TPSA) is 89.1 Å². The summed E-state index contributed by atoms with van der Waals surface area (Å²) in [4.78, 5) is 11.0. The number of hydroxylamine groups is 1. The average molecular weight is 330 g/mol. The van der Waals surface area contributed by atoms with Crippen LogP contribution in [0.15, 0.2) is 42.5 Å². The number of ether oxygens (including phenoxy) is 3. The molecule has 3 N–H and O–H groups in total. The van der Waals surface area contributed by atoms with Crippen LogP contribution in [0.4, 0.5) is 10.5 Å². The standard InChI is InChI=1S/C17H18N2O5/c1-22-16-9-3-11-2-6-14(10-15(11)24-16)23-13-7-4-12(5-8-13)18-17(20)19-21/h2,4-8,10,16,21H,3,9H2,1H3,(H2,18,19,20). The molecule has 0 saturated carbocycles. The zero-order chi connectivity index (χ0) is 16.9. The summed E-state index contributed by atoms with van der Waals surface area (Å²) in [5.41, 5.74) is 3.16. The maximum atomic E-state index is 11.0. The molecule has 0 aromatic heterocycles. The summed E-state index contributed by atoms with van der Waals surface area (Å²) in [6, 6.07) is 11.8. The molecular weight excluding hydrogens is 312 g/mol. The molecule has 24 heavy (non-hydrogen) atoms. The van der Waals surface area contributed by atoms with E-state index in [0.29, 0.717) is 17.2 Å². The van der Waals surface area contributed by atoms with E-state index in [9.17, 15) is 4.79 Å². The van der Waals surface area contributed by atoms with Gasteiger partial charge in [0.05, 0.1) is 0 Å². The largest absolute Gasteiger partial charge is 0.465 e. The second-order valence-electron chi connectivity index (χ2n) is 5.28. The highest BCUT2D eigenvalue weighted by Crippen LogP contribution is 2.33. The number of aryl methyl sites for hydroxylation is 1. The van der Waals surface area contributed by atoms with Gasteiger partial charge in [-0.1, -0.05) is 6.07 Å². The highest BCUT2D eigenvalue weighted by molar-refractivity contribution is 5.88. The summed E-state index contributed by atoms with van der Waals surface area (Å²) in [6.45, 7) is 0. The quantitative estimate of drug-likeness (QED) is 0.591. The minimum Gasteiger partial charge on any atom is -0.465 e. The molecule has 0 saturated heterocycles. The predicted molar refractivity (Wildman–Crippen MR) is 86.6 cm³/mol. The summed E-state index contributed by atoms with van der Waals surface area (Å²) < 4.78 is 16.8. The first-order chi connectivity index (χ1) is 11.7. The van der Waals surface area contributed by atoms with Gasteiger partial charge in [0.2, 0.25) is 0 Å². The Morgan fingerprint density at radius 3 is 2.67 bits per heavy atom. The van der Waals surface area contributed by atoms with Gasteiger partial charge >= 0.3 is 6.03 Å². The van der Waals surface area contributed by atoms with Crippen molar-refractivity contribution in [3.63, 3.8) is 0 Å². The predicted octanol–water partition coefficient (Wildman–Crippen LogP) is 3.29. The Balaban J connectivity index is 1.69. The number of carbonyl (C=O) groups excluding carboxylic acids is 1. The van der Waals surface area contributed by atoms with Crippen molar-refractivity contribution in [3.05, 3.63) is 48.0 Å². The summed E-state index contributed by atoms with van der Waals surface area (Å²) in [5, 5.41) is 10.9. The molecule has 0 spiro atoms. The Labute approximate surface area is 139 Å². The van der Waals surface area contributed by atoms with Gasteiger partial charge in [0, 0.05) is 25.3 Å². The number of carbonyl (C=O) groups is 1. The Hall–Kier alpha value is -2.77. The third-order valence-electron chi connectivity index (χ3n) is 3.66. The van der Waals surface area contributed by atoms with Gasteiger partial charge < -0.3 is 19.5 Å². The molecular formula is C17H18N2O5. The molecule has 1 aliphatic heterocycles. The number of hydrogen-bond donors (Lipinski definition) is 3. The molecule has 3 rings (SSSR count). The SMILES string of the molecule is COC1CCc2ccc(Oc3ccc(NC(=O)NO)cc3)cc2O1. The number of methoxy groups -OCH3 is 1. The van der Waals surface area contributed by atoms with E-state index < -0.39 is 6.03 Å². The fourth-order valence-corrected chi connectivity index (χ4v) is 2.46. The van der Waals surface area contributed by atoms with Crippen LogP contribution in [0.3, 0.4) is 0 Å². The Kier molecular flexibility index (Phi) is 4.83. The number of urea groups is 1. The fraction of sp³-hybridized carbons (Fsp3) is 0.235.